The lowest BCUT2D eigenvalue weighted by molar-refractivity contribution is 0.239. The molecule has 0 bridgehead atoms. The van der Waals surface area contributed by atoms with Crippen molar-refractivity contribution in [2.24, 2.45) is 17.6 Å². The van der Waals surface area contributed by atoms with Gasteiger partial charge in [0, 0.05) is 26.7 Å². The highest BCUT2D eigenvalue weighted by Crippen LogP contribution is 2.19. The maximum Gasteiger partial charge on any atom is 0.281 e. The summed E-state index contributed by atoms with van der Waals surface area (Å²) >= 11 is 0. The van der Waals surface area contributed by atoms with Crippen LogP contribution in [-0.4, -0.2) is 50.3 Å². The fourth-order valence-electron chi connectivity index (χ4n) is 1.85. The van der Waals surface area contributed by atoms with Crippen molar-refractivity contribution in [2.75, 3.05) is 33.2 Å². The third kappa shape index (κ3) is 3.16. The SMILES string of the molecule is CC(C)CCN1CC(CN)CN(C)S1(=O)=O. The lowest BCUT2D eigenvalue weighted by atomic mass is 10.1. The van der Waals surface area contributed by atoms with Crippen LogP contribution in [0.2, 0.25) is 0 Å². The molecule has 1 aliphatic heterocycles. The molecule has 0 aromatic heterocycles. The topological polar surface area (TPSA) is 66.6 Å². The smallest absolute Gasteiger partial charge is 0.281 e. The van der Waals surface area contributed by atoms with Gasteiger partial charge >= 0.3 is 0 Å². The summed E-state index contributed by atoms with van der Waals surface area (Å²) in [6, 6.07) is 0. The lowest BCUT2D eigenvalue weighted by Gasteiger charge is -2.37. The molecule has 0 saturated carbocycles. The van der Waals surface area contributed by atoms with E-state index < -0.39 is 10.2 Å². The van der Waals surface area contributed by atoms with Gasteiger partial charge in [0.1, 0.15) is 0 Å². The maximum absolute atomic E-state index is 12.0. The van der Waals surface area contributed by atoms with E-state index in [1.807, 2.05) is 0 Å². The van der Waals surface area contributed by atoms with Crippen molar-refractivity contribution in [3.05, 3.63) is 0 Å². The molecule has 1 saturated heterocycles. The summed E-state index contributed by atoms with van der Waals surface area (Å²) in [7, 11) is -1.61. The molecular formula is C10H23N3O2S. The van der Waals surface area contributed by atoms with Crippen molar-refractivity contribution < 1.29 is 8.42 Å². The highest BCUT2D eigenvalue weighted by atomic mass is 32.2. The van der Waals surface area contributed by atoms with Gasteiger partial charge in [-0.3, -0.25) is 0 Å². The summed E-state index contributed by atoms with van der Waals surface area (Å²) in [6.45, 7) is 6.44. The Labute approximate surface area is 98.8 Å². The normalized spacial score (nSPS) is 27.4. The van der Waals surface area contributed by atoms with Gasteiger partial charge in [-0.25, -0.2) is 0 Å². The Kier molecular flexibility index (Phi) is 4.73. The number of hydrogen-bond acceptors (Lipinski definition) is 3. The van der Waals surface area contributed by atoms with Gasteiger partial charge in [0.25, 0.3) is 10.2 Å². The van der Waals surface area contributed by atoms with Crippen molar-refractivity contribution in [2.45, 2.75) is 20.3 Å². The standard InChI is InChI=1S/C10H23N3O2S/c1-9(2)4-5-13-8-10(6-11)7-12(3)16(13,14)15/h9-10H,4-8,11H2,1-3H3. The first kappa shape index (κ1) is 13.9. The summed E-state index contributed by atoms with van der Waals surface area (Å²) in [4.78, 5) is 0. The Hall–Kier alpha value is -0.170. The van der Waals surface area contributed by atoms with E-state index in [2.05, 4.69) is 13.8 Å². The summed E-state index contributed by atoms with van der Waals surface area (Å²) in [6.07, 6.45) is 0.893. The van der Waals surface area contributed by atoms with E-state index in [1.165, 1.54) is 4.31 Å². The van der Waals surface area contributed by atoms with Gasteiger partial charge in [0.05, 0.1) is 0 Å². The van der Waals surface area contributed by atoms with Crippen LogP contribution < -0.4 is 5.73 Å². The van der Waals surface area contributed by atoms with Crippen molar-refractivity contribution >= 4 is 10.2 Å². The van der Waals surface area contributed by atoms with Crippen molar-refractivity contribution in [3.63, 3.8) is 0 Å². The first-order valence-corrected chi connectivity index (χ1v) is 7.19. The van der Waals surface area contributed by atoms with E-state index >= 15 is 0 Å². The summed E-state index contributed by atoms with van der Waals surface area (Å²) in [5.41, 5.74) is 5.62. The minimum absolute atomic E-state index is 0.251. The Morgan fingerprint density at radius 1 is 1.38 bits per heavy atom. The van der Waals surface area contributed by atoms with Crippen molar-refractivity contribution in [1.29, 1.82) is 0 Å². The third-order valence-corrected chi connectivity index (χ3v) is 4.91. The van der Waals surface area contributed by atoms with Gasteiger partial charge < -0.3 is 5.73 Å². The van der Waals surface area contributed by atoms with Crippen LogP contribution in [0.15, 0.2) is 0 Å². The molecule has 1 heterocycles. The second-order valence-corrected chi connectivity index (χ2v) is 6.97. The monoisotopic (exact) mass is 249 g/mol. The minimum Gasteiger partial charge on any atom is -0.330 e. The highest BCUT2D eigenvalue weighted by molar-refractivity contribution is 7.86. The Morgan fingerprint density at radius 3 is 2.50 bits per heavy atom. The van der Waals surface area contributed by atoms with Gasteiger partial charge in [0.15, 0.2) is 0 Å². The minimum atomic E-state index is -3.23. The van der Waals surface area contributed by atoms with Crippen LogP contribution in [0, 0.1) is 11.8 Å². The molecular weight excluding hydrogens is 226 g/mol. The number of hydrogen-bond donors (Lipinski definition) is 1. The molecule has 1 atom stereocenters. The lowest BCUT2D eigenvalue weighted by Crippen LogP contribution is -2.53. The fourth-order valence-corrected chi connectivity index (χ4v) is 3.38. The third-order valence-electron chi connectivity index (χ3n) is 2.99. The first-order valence-electron chi connectivity index (χ1n) is 5.79. The van der Waals surface area contributed by atoms with E-state index in [1.54, 1.807) is 11.4 Å². The van der Waals surface area contributed by atoms with Crippen LogP contribution in [-0.2, 0) is 10.2 Å². The molecule has 16 heavy (non-hydrogen) atoms. The molecule has 0 aromatic carbocycles. The molecule has 0 spiro atoms. The zero-order chi connectivity index (χ0) is 12.3. The second kappa shape index (κ2) is 5.44. The zero-order valence-electron chi connectivity index (χ0n) is 10.4. The first-order chi connectivity index (χ1) is 7.37. The quantitative estimate of drug-likeness (QED) is 0.768. The Bertz CT molecular complexity index is 316. The van der Waals surface area contributed by atoms with E-state index in [4.69, 9.17) is 5.73 Å². The van der Waals surface area contributed by atoms with Crippen LogP contribution in [0.5, 0.6) is 0 Å². The molecule has 5 nitrogen and oxygen atoms in total. The largest absolute Gasteiger partial charge is 0.330 e. The summed E-state index contributed by atoms with van der Waals surface area (Å²) in [5, 5.41) is 0. The van der Waals surface area contributed by atoms with Gasteiger partial charge in [-0.05, 0) is 24.8 Å². The molecule has 0 radical (unpaired) electrons. The number of nitrogens with zero attached hydrogens (tertiary/aromatic N) is 2. The molecule has 96 valence electrons. The van der Waals surface area contributed by atoms with Crippen LogP contribution in [0.3, 0.4) is 0 Å². The molecule has 1 unspecified atom stereocenters. The fraction of sp³-hybridized carbons (Fsp3) is 1.00. The number of rotatable bonds is 4. The number of nitrogens with two attached hydrogens (primary N) is 1. The second-order valence-electron chi connectivity index (χ2n) is 4.93. The van der Waals surface area contributed by atoms with Gasteiger partial charge in [-0.2, -0.15) is 17.0 Å². The molecule has 1 rings (SSSR count). The summed E-state index contributed by atoms with van der Waals surface area (Å²) < 4.78 is 27.0. The van der Waals surface area contributed by atoms with Crippen LogP contribution in [0.1, 0.15) is 20.3 Å². The van der Waals surface area contributed by atoms with Gasteiger partial charge in [0.2, 0.25) is 0 Å². The van der Waals surface area contributed by atoms with E-state index in [0.29, 0.717) is 32.1 Å². The predicted octanol–water partition coefficient (Wildman–Crippen LogP) is 0.0996. The molecule has 0 amide bonds. The van der Waals surface area contributed by atoms with Crippen LogP contribution >= 0.6 is 0 Å². The average Bonchev–Trinajstić information content (AvgIpc) is 2.19. The predicted molar refractivity (Wildman–Crippen MR) is 65.1 cm³/mol. The van der Waals surface area contributed by atoms with E-state index in [-0.39, 0.29) is 5.92 Å². The molecule has 0 aliphatic carbocycles. The maximum atomic E-state index is 12.0. The molecule has 1 fully saturated rings. The molecule has 0 aromatic rings. The van der Waals surface area contributed by atoms with E-state index in [9.17, 15) is 8.42 Å². The average molecular weight is 249 g/mol. The van der Waals surface area contributed by atoms with E-state index in [0.717, 1.165) is 6.42 Å². The zero-order valence-corrected chi connectivity index (χ0v) is 11.2. The highest BCUT2D eigenvalue weighted by Gasteiger charge is 2.34. The molecule has 2 N–H and O–H groups in total. The van der Waals surface area contributed by atoms with Gasteiger partial charge in [-0.1, -0.05) is 13.8 Å². The van der Waals surface area contributed by atoms with Gasteiger partial charge in [-0.15, -0.1) is 0 Å². The Balaban J connectivity index is 2.70. The summed E-state index contributed by atoms with van der Waals surface area (Å²) in [5.74, 6) is 0.763. The molecule has 1 aliphatic rings. The van der Waals surface area contributed by atoms with Crippen molar-refractivity contribution in [3.8, 4) is 0 Å². The van der Waals surface area contributed by atoms with Crippen molar-refractivity contribution in [1.82, 2.24) is 8.61 Å². The molecule has 6 heteroatoms. The van der Waals surface area contributed by atoms with Crippen LogP contribution in [0.25, 0.3) is 0 Å². The van der Waals surface area contributed by atoms with Crippen LogP contribution in [0.4, 0.5) is 0 Å². The Morgan fingerprint density at radius 2 is 2.00 bits per heavy atom.